The molecule has 0 unspecified atom stereocenters. The van der Waals surface area contributed by atoms with Crippen LogP contribution in [0.3, 0.4) is 0 Å². The van der Waals surface area contributed by atoms with E-state index in [1.165, 1.54) is 0 Å². The van der Waals surface area contributed by atoms with Crippen molar-refractivity contribution in [1.82, 2.24) is 9.47 Å². The van der Waals surface area contributed by atoms with Gasteiger partial charge in [0.2, 0.25) is 0 Å². The molecule has 0 fully saturated rings. The van der Waals surface area contributed by atoms with Gasteiger partial charge in [0.05, 0.1) is 0 Å². The zero-order chi connectivity index (χ0) is 8.72. The molecule has 0 spiro atoms. The van der Waals surface area contributed by atoms with Gasteiger partial charge < -0.3 is 9.47 Å². The highest BCUT2D eigenvalue weighted by molar-refractivity contribution is 5.93. The minimum Gasteiger partial charge on any atom is -0.341 e. The van der Waals surface area contributed by atoms with E-state index in [-0.39, 0.29) is 5.91 Å². The lowest BCUT2D eigenvalue weighted by Crippen LogP contribution is -2.36. The number of nitrogens with zero attached hydrogens (tertiary/aromatic N) is 2. The van der Waals surface area contributed by atoms with Crippen LogP contribution >= 0.6 is 0 Å². The van der Waals surface area contributed by atoms with Crippen LogP contribution in [0.15, 0.2) is 12.3 Å². The maximum atomic E-state index is 11.5. The first-order valence-corrected chi connectivity index (χ1v) is 4.11. The van der Waals surface area contributed by atoms with Gasteiger partial charge in [-0.1, -0.05) is 0 Å². The lowest BCUT2D eigenvalue weighted by atomic mass is 10.3. The quantitative estimate of drug-likeness (QED) is 0.559. The SMILES string of the molecule is Cc1cc2n(c1)CCN(C)C2=O. The fourth-order valence-electron chi connectivity index (χ4n) is 1.58. The van der Waals surface area contributed by atoms with Gasteiger partial charge in [0.1, 0.15) is 5.69 Å². The summed E-state index contributed by atoms with van der Waals surface area (Å²) in [5.74, 6) is 0.134. The summed E-state index contributed by atoms with van der Waals surface area (Å²) in [4.78, 5) is 13.3. The molecule has 1 aliphatic heterocycles. The van der Waals surface area contributed by atoms with Crippen LogP contribution < -0.4 is 0 Å². The number of rotatable bonds is 0. The molecule has 0 aliphatic carbocycles. The maximum Gasteiger partial charge on any atom is 0.270 e. The molecule has 1 amide bonds. The zero-order valence-electron chi connectivity index (χ0n) is 7.37. The van der Waals surface area contributed by atoms with Gasteiger partial charge in [-0.2, -0.15) is 0 Å². The van der Waals surface area contributed by atoms with Crippen molar-refractivity contribution in [3.8, 4) is 0 Å². The summed E-state index contributed by atoms with van der Waals surface area (Å²) in [6.45, 7) is 3.75. The predicted molar refractivity (Wildman–Crippen MR) is 46.1 cm³/mol. The average molecular weight is 164 g/mol. The molecular formula is C9H12N2O. The zero-order valence-corrected chi connectivity index (χ0v) is 7.37. The number of hydrogen-bond acceptors (Lipinski definition) is 1. The van der Waals surface area contributed by atoms with Crippen LogP contribution in [0.2, 0.25) is 0 Å². The third-order valence-corrected chi connectivity index (χ3v) is 2.28. The van der Waals surface area contributed by atoms with Crippen molar-refractivity contribution in [1.29, 1.82) is 0 Å². The Kier molecular flexibility index (Phi) is 1.46. The topological polar surface area (TPSA) is 25.2 Å². The molecular weight excluding hydrogens is 152 g/mol. The summed E-state index contributed by atoms with van der Waals surface area (Å²) < 4.78 is 2.03. The Morgan fingerprint density at radius 1 is 1.42 bits per heavy atom. The van der Waals surface area contributed by atoms with Crippen molar-refractivity contribution in [3.63, 3.8) is 0 Å². The number of hydrogen-bond donors (Lipinski definition) is 0. The Labute approximate surface area is 71.6 Å². The van der Waals surface area contributed by atoms with E-state index in [9.17, 15) is 4.79 Å². The van der Waals surface area contributed by atoms with Crippen molar-refractivity contribution in [2.75, 3.05) is 13.6 Å². The van der Waals surface area contributed by atoms with Crippen molar-refractivity contribution in [3.05, 3.63) is 23.5 Å². The molecule has 0 radical (unpaired) electrons. The maximum absolute atomic E-state index is 11.5. The second-order valence-corrected chi connectivity index (χ2v) is 3.32. The minimum atomic E-state index is 0.134. The van der Waals surface area contributed by atoms with Crippen molar-refractivity contribution >= 4 is 5.91 Å². The molecule has 12 heavy (non-hydrogen) atoms. The van der Waals surface area contributed by atoms with Gasteiger partial charge in [-0.3, -0.25) is 4.79 Å². The van der Waals surface area contributed by atoms with Crippen LogP contribution in [-0.2, 0) is 6.54 Å². The highest BCUT2D eigenvalue weighted by Gasteiger charge is 2.20. The monoisotopic (exact) mass is 164 g/mol. The van der Waals surface area contributed by atoms with E-state index in [0.29, 0.717) is 0 Å². The molecule has 1 aliphatic rings. The standard InChI is InChI=1S/C9H12N2O/c1-7-5-8-9(12)10(2)3-4-11(8)6-7/h5-6H,3-4H2,1-2H3. The predicted octanol–water partition coefficient (Wildman–Crippen LogP) is 0.882. The van der Waals surface area contributed by atoms with E-state index in [4.69, 9.17) is 0 Å². The van der Waals surface area contributed by atoms with Crippen molar-refractivity contribution < 1.29 is 4.79 Å². The van der Waals surface area contributed by atoms with E-state index in [0.717, 1.165) is 24.3 Å². The summed E-state index contributed by atoms with van der Waals surface area (Å²) in [5, 5.41) is 0. The molecule has 0 bridgehead atoms. The van der Waals surface area contributed by atoms with Gasteiger partial charge in [-0.05, 0) is 18.6 Å². The van der Waals surface area contributed by atoms with Gasteiger partial charge in [-0.25, -0.2) is 0 Å². The minimum absolute atomic E-state index is 0.134. The molecule has 0 N–H and O–H groups in total. The van der Waals surface area contributed by atoms with E-state index >= 15 is 0 Å². The number of aryl methyl sites for hydroxylation is 1. The highest BCUT2D eigenvalue weighted by atomic mass is 16.2. The van der Waals surface area contributed by atoms with E-state index in [1.807, 2.05) is 30.8 Å². The molecule has 2 heterocycles. The molecule has 3 heteroatoms. The third kappa shape index (κ3) is 0.932. The highest BCUT2D eigenvalue weighted by Crippen LogP contribution is 2.14. The summed E-state index contributed by atoms with van der Waals surface area (Å²) in [6.07, 6.45) is 2.03. The van der Waals surface area contributed by atoms with Crippen LogP contribution in [-0.4, -0.2) is 29.0 Å². The Hall–Kier alpha value is -1.25. The Bertz CT molecular complexity index is 327. The molecule has 3 nitrogen and oxygen atoms in total. The summed E-state index contributed by atoms with van der Waals surface area (Å²) >= 11 is 0. The van der Waals surface area contributed by atoms with Gasteiger partial charge in [-0.15, -0.1) is 0 Å². The second kappa shape index (κ2) is 2.37. The molecule has 0 saturated heterocycles. The number of carbonyl (C=O) groups excluding carboxylic acids is 1. The number of carbonyl (C=O) groups is 1. The van der Waals surface area contributed by atoms with E-state index in [1.54, 1.807) is 4.90 Å². The third-order valence-electron chi connectivity index (χ3n) is 2.28. The molecule has 0 aromatic carbocycles. The summed E-state index contributed by atoms with van der Waals surface area (Å²) in [7, 11) is 1.84. The van der Waals surface area contributed by atoms with Crippen LogP contribution in [0.25, 0.3) is 0 Å². The van der Waals surface area contributed by atoms with Crippen molar-refractivity contribution in [2.45, 2.75) is 13.5 Å². The Morgan fingerprint density at radius 3 is 2.92 bits per heavy atom. The molecule has 0 atom stereocenters. The molecule has 0 saturated carbocycles. The van der Waals surface area contributed by atoms with Crippen LogP contribution in [0.4, 0.5) is 0 Å². The normalized spacial score (nSPS) is 16.5. The number of likely N-dealkylation sites (N-methyl/N-ethyl adjacent to an activating group) is 1. The van der Waals surface area contributed by atoms with Gasteiger partial charge in [0.15, 0.2) is 0 Å². The fourth-order valence-corrected chi connectivity index (χ4v) is 1.58. The van der Waals surface area contributed by atoms with E-state index in [2.05, 4.69) is 0 Å². The van der Waals surface area contributed by atoms with Crippen LogP contribution in [0.5, 0.6) is 0 Å². The summed E-state index contributed by atoms with van der Waals surface area (Å²) in [5.41, 5.74) is 1.98. The van der Waals surface area contributed by atoms with Crippen LogP contribution in [0.1, 0.15) is 16.1 Å². The Morgan fingerprint density at radius 2 is 2.17 bits per heavy atom. The molecule has 1 aromatic heterocycles. The van der Waals surface area contributed by atoms with Crippen molar-refractivity contribution in [2.24, 2.45) is 0 Å². The van der Waals surface area contributed by atoms with Gasteiger partial charge in [0, 0.05) is 26.3 Å². The van der Waals surface area contributed by atoms with E-state index < -0.39 is 0 Å². The molecule has 1 aromatic rings. The van der Waals surface area contributed by atoms with Gasteiger partial charge in [0.25, 0.3) is 5.91 Å². The van der Waals surface area contributed by atoms with Gasteiger partial charge >= 0.3 is 0 Å². The lowest BCUT2D eigenvalue weighted by molar-refractivity contribution is 0.0749. The lowest BCUT2D eigenvalue weighted by Gasteiger charge is -2.24. The second-order valence-electron chi connectivity index (χ2n) is 3.32. The molecule has 2 rings (SSSR count). The molecule has 64 valence electrons. The largest absolute Gasteiger partial charge is 0.341 e. The first-order valence-electron chi connectivity index (χ1n) is 4.11. The first kappa shape index (κ1) is 7.40. The summed E-state index contributed by atoms with van der Waals surface area (Å²) in [6, 6.07) is 1.94. The average Bonchev–Trinajstić information content (AvgIpc) is 2.39. The number of aromatic nitrogens is 1. The number of fused-ring (bicyclic) bond motifs is 1. The first-order chi connectivity index (χ1) is 5.68. The number of amides is 1. The van der Waals surface area contributed by atoms with Crippen LogP contribution in [0, 0.1) is 6.92 Å². The fraction of sp³-hybridized carbons (Fsp3) is 0.444. The Balaban J connectivity index is 2.48. The smallest absolute Gasteiger partial charge is 0.270 e.